The summed E-state index contributed by atoms with van der Waals surface area (Å²) in [5.74, 6) is 2.63. The van der Waals surface area contributed by atoms with Gasteiger partial charge in [0.1, 0.15) is 0 Å². The van der Waals surface area contributed by atoms with Gasteiger partial charge in [0.25, 0.3) is 0 Å². The normalized spacial score (nSPS) is 12.4. The lowest BCUT2D eigenvalue weighted by molar-refractivity contribution is 0.571. The SMILES string of the molecule is C#CCC(NC)c1cncn1C. The van der Waals surface area contributed by atoms with Crippen LogP contribution in [0.1, 0.15) is 18.2 Å². The van der Waals surface area contributed by atoms with Gasteiger partial charge >= 0.3 is 0 Å². The second-order valence-corrected chi connectivity index (χ2v) is 2.68. The zero-order chi connectivity index (χ0) is 8.97. The summed E-state index contributed by atoms with van der Waals surface area (Å²) >= 11 is 0. The van der Waals surface area contributed by atoms with Crippen molar-refractivity contribution in [3.05, 3.63) is 18.2 Å². The number of aromatic nitrogens is 2. The maximum atomic E-state index is 5.24. The van der Waals surface area contributed by atoms with E-state index in [1.54, 1.807) is 6.33 Å². The van der Waals surface area contributed by atoms with Gasteiger partial charge < -0.3 is 9.88 Å². The van der Waals surface area contributed by atoms with E-state index >= 15 is 0 Å². The lowest BCUT2D eigenvalue weighted by atomic mass is 10.1. The van der Waals surface area contributed by atoms with E-state index in [-0.39, 0.29) is 6.04 Å². The molecule has 1 heterocycles. The first-order valence-electron chi connectivity index (χ1n) is 3.86. The van der Waals surface area contributed by atoms with Gasteiger partial charge in [-0.15, -0.1) is 12.3 Å². The number of hydrogen-bond donors (Lipinski definition) is 1. The van der Waals surface area contributed by atoms with Crippen molar-refractivity contribution in [1.82, 2.24) is 14.9 Å². The molecule has 1 aromatic heterocycles. The molecule has 64 valence electrons. The van der Waals surface area contributed by atoms with Gasteiger partial charge in [-0.2, -0.15) is 0 Å². The van der Waals surface area contributed by atoms with Crippen molar-refractivity contribution in [3.63, 3.8) is 0 Å². The molecule has 12 heavy (non-hydrogen) atoms. The Morgan fingerprint density at radius 1 is 1.83 bits per heavy atom. The van der Waals surface area contributed by atoms with Gasteiger partial charge in [-0.05, 0) is 7.05 Å². The van der Waals surface area contributed by atoms with Gasteiger partial charge in [-0.25, -0.2) is 4.98 Å². The number of terminal acetylenes is 1. The molecule has 1 rings (SSSR count). The van der Waals surface area contributed by atoms with E-state index in [1.165, 1.54) is 0 Å². The van der Waals surface area contributed by atoms with Crippen LogP contribution in [0.3, 0.4) is 0 Å². The Balaban J connectivity index is 2.81. The predicted octanol–water partition coefficient (Wildman–Crippen LogP) is 0.704. The van der Waals surface area contributed by atoms with Crippen molar-refractivity contribution in [1.29, 1.82) is 0 Å². The van der Waals surface area contributed by atoms with Crippen LogP contribution in [0.15, 0.2) is 12.5 Å². The van der Waals surface area contributed by atoms with Gasteiger partial charge in [0.05, 0.1) is 18.1 Å². The second kappa shape index (κ2) is 3.93. The Morgan fingerprint density at radius 3 is 3.00 bits per heavy atom. The molecule has 1 aromatic rings. The molecule has 0 spiro atoms. The summed E-state index contributed by atoms with van der Waals surface area (Å²) in [5.41, 5.74) is 1.12. The van der Waals surface area contributed by atoms with Crippen molar-refractivity contribution in [2.24, 2.45) is 7.05 Å². The van der Waals surface area contributed by atoms with Crippen molar-refractivity contribution in [3.8, 4) is 12.3 Å². The molecule has 3 nitrogen and oxygen atoms in total. The minimum Gasteiger partial charge on any atom is -0.336 e. The third kappa shape index (κ3) is 1.66. The summed E-state index contributed by atoms with van der Waals surface area (Å²) in [7, 11) is 3.86. The van der Waals surface area contributed by atoms with Gasteiger partial charge in [-0.3, -0.25) is 0 Å². The van der Waals surface area contributed by atoms with Crippen LogP contribution in [0.25, 0.3) is 0 Å². The Labute approximate surface area is 72.8 Å². The van der Waals surface area contributed by atoms with Crippen LogP contribution in [-0.4, -0.2) is 16.6 Å². The Kier molecular flexibility index (Phi) is 2.89. The predicted molar refractivity (Wildman–Crippen MR) is 48.5 cm³/mol. The molecule has 0 amide bonds. The molecule has 1 N–H and O–H groups in total. The monoisotopic (exact) mass is 163 g/mol. The van der Waals surface area contributed by atoms with Crippen molar-refractivity contribution in [2.45, 2.75) is 12.5 Å². The van der Waals surface area contributed by atoms with E-state index in [9.17, 15) is 0 Å². The minimum atomic E-state index is 0.211. The Hall–Kier alpha value is -1.27. The van der Waals surface area contributed by atoms with E-state index in [1.807, 2.05) is 24.9 Å². The summed E-state index contributed by atoms with van der Waals surface area (Å²) < 4.78 is 1.97. The van der Waals surface area contributed by atoms with Crippen molar-refractivity contribution >= 4 is 0 Å². The van der Waals surface area contributed by atoms with Crippen LogP contribution in [0.2, 0.25) is 0 Å². The molecule has 0 bridgehead atoms. The highest BCUT2D eigenvalue weighted by Crippen LogP contribution is 2.13. The van der Waals surface area contributed by atoms with E-state index in [0.29, 0.717) is 6.42 Å². The van der Waals surface area contributed by atoms with Gasteiger partial charge in [0.2, 0.25) is 0 Å². The summed E-state index contributed by atoms with van der Waals surface area (Å²) in [4.78, 5) is 4.03. The van der Waals surface area contributed by atoms with Crippen LogP contribution in [0, 0.1) is 12.3 Å². The number of nitrogens with zero attached hydrogens (tertiary/aromatic N) is 2. The highest BCUT2D eigenvalue weighted by Gasteiger charge is 2.10. The summed E-state index contributed by atoms with van der Waals surface area (Å²) in [5, 5.41) is 3.14. The fraction of sp³-hybridized carbons (Fsp3) is 0.444. The molecule has 0 aliphatic carbocycles. The second-order valence-electron chi connectivity index (χ2n) is 2.68. The summed E-state index contributed by atoms with van der Waals surface area (Å²) in [6.07, 6.45) is 9.54. The van der Waals surface area contributed by atoms with E-state index < -0.39 is 0 Å². The highest BCUT2D eigenvalue weighted by atomic mass is 15.1. The van der Waals surface area contributed by atoms with Crippen LogP contribution in [0.5, 0.6) is 0 Å². The molecule has 0 aliphatic heterocycles. The largest absolute Gasteiger partial charge is 0.336 e. The standard InChI is InChI=1S/C9H13N3/c1-4-5-8(10-2)9-6-11-7-12(9)3/h1,6-8,10H,5H2,2-3H3. The summed E-state index contributed by atoms with van der Waals surface area (Å²) in [6.45, 7) is 0. The molecule has 0 saturated heterocycles. The fourth-order valence-electron chi connectivity index (χ4n) is 1.18. The molecular formula is C9H13N3. The number of imidazole rings is 1. The first-order chi connectivity index (χ1) is 5.79. The van der Waals surface area contributed by atoms with E-state index in [2.05, 4.69) is 16.2 Å². The van der Waals surface area contributed by atoms with Crippen molar-refractivity contribution < 1.29 is 0 Å². The number of rotatable bonds is 3. The smallest absolute Gasteiger partial charge is 0.0946 e. The topological polar surface area (TPSA) is 29.9 Å². The first-order valence-corrected chi connectivity index (χ1v) is 3.86. The Morgan fingerprint density at radius 2 is 2.58 bits per heavy atom. The molecule has 0 aromatic carbocycles. The van der Waals surface area contributed by atoms with E-state index in [4.69, 9.17) is 6.42 Å². The van der Waals surface area contributed by atoms with Crippen LogP contribution >= 0.6 is 0 Å². The third-order valence-electron chi connectivity index (χ3n) is 1.88. The number of hydrogen-bond acceptors (Lipinski definition) is 2. The molecule has 0 radical (unpaired) electrons. The zero-order valence-electron chi connectivity index (χ0n) is 7.41. The molecule has 0 saturated carbocycles. The number of nitrogens with one attached hydrogen (secondary N) is 1. The molecule has 0 fully saturated rings. The quantitative estimate of drug-likeness (QED) is 0.665. The first kappa shape index (κ1) is 8.82. The molecule has 1 atom stereocenters. The van der Waals surface area contributed by atoms with E-state index in [0.717, 1.165) is 5.69 Å². The zero-order valence-corrected chi connectivity index (χ0v) is 7.41. The fourth-order valence-corrected chi connectivity index (χ4v) is 1.18. The number of aryl methyl sites for hydroxylation is 1. The summed E-state index contributed by atoms with van der Waals surface area (Å²) in [6, 6.07) is 0.211. The maximum Gasteiger partial charge on any atom is 0.0946 e. The lowest BCUT2D eigenvalue weighted by Crippen LogP contribution is -2.18. The minimum absolute atomic E-state index is 0.211. The maximum absolute atomic E-state index is 5.24. The van der Waals surface area contributed by atoms with Crippen LogP contribution in [-0.2, 0) is 7.05 Å². The van der Waals surface area contributed by atoms with Gasteiger partial charge in [0, 0.05) is 19.7 Å². The highest BCUT2D eigenvalue weighted by molar-refractivity contribution is 5.08. The lowest BCUT2D eigenvalue weighted by Gasteiger charge is -2.12. The molecule has 3 heteroatoms. The van der Waals surface area contributed by atoms with Gasteiger partial charge in [0.15, 0.2) is 0 Å². The van der Waals surface area contributed by atoms with Gasteiger partial charge in [-0.1, -0.05) is 0 Å². The Bertz CT molecular complexity index is 282. The van der Waals surface area contributed by atoms with Crippen LogP contribution < -0.4 is 5.32 Å². The molecule has 0 aliphatic rings. The van der Waals surface area contributed by atoms with Crippen LogP contribution in [0.4, 0.5) is 0 Å². The van der Waals surface area contributed by atoms with Crippen molar-refractivity contribution in [2.75, 3.05) is 7.05 Å². The average Bonchev–Trinajstić information content (AvgIpc) is 2.47. The average molecular weight is 163 g/mol. The molecular weight excluding hydrogens is 150 g/mol. The third-order valence-corrected chi connectivity index (χ3v) is 1.88. The molecule has 1 unspecified atom stereocenters.